The van der Waals surface area contributed by atoms with Crippen molar-refractivity contribution in [2.24, 2.45) is 25.9 Å². The van der Waals surface area contributed by atoms with Crippen LogP contribution in [0.25, 0.3) is 0 Å². The van der Waals surface area contributed by atoms with Crippen LogP contribution in [0.3, 0.4) is 0 Å². The van der Waals surface area contributed by atoms with Crippen molar-refractivity contribution in [2.75, 3.05) is 30.1 Å². The standard InChI is InChI=1S/C24H32N6O2S4/c1-12(2)17-28-23(5,10-34-17)20-26-14(8-33-20)18-29-24(6,11-35-18)21-30-22(4,9-36-21)19-27-15(13(3)32-19)16(31)25-7/h12,14H,8-11H2,1-7H3,(H,25,31). The summed E-state index contributed by atoms with van der Waals surface area (Å²) in [6.45, 7) is 12.5. The van der Waals surface area contributed by atoms with Crippen LogP contribution >= 0.6 is 47.0 Å². The first-order chi connectivity index (χ1) is 17.0. The molecule has 0 fully saturated rings. The van der Waals surface area contributed by atoms with Crippen LogP contribution in [0.15, 0.2) is 24.4 Å². The van der Waals surface area contributed by atoms with Crippen molar-refractivity contribution in [2.45, 2.75) is 64.2 Å². The SMILES string of the molecule is CNC(=O)c1nc(C2(C)CSC(C3(C)CSC(C4CSC(C5(C)CSC(C(C)C)=N5)=N4)=N3)=N2)oc1C. The number of nitrogens with zero attached hydrogens (tertiary/aromatic N) is 5. The number of aromatic nitrogens is 1. The number of hydrogen-bond acceptors (Lipinski definition) is 11. The molecular weight excluding hydrogens is 533 g/mol. The molecule has 0 saturated carbocycles. The van der Waals surface area contributed by atoms with Crippen molar-refractivity contribution in [3.63, 3.8) is 0 Å². The summed E-state index contributed by atoms with van der Waals surface area (Å²) in [4.78, 5) is 37.0. The topological polar surface area (TPSA) is 105 Å². The number of thioether (sulfide) groups is 4. The first-order valence-corrected chi connectivity index (χ1v) is 16.0. The van der Waals surface area contributed by atoms with E-state index in [0.717, 1.165) is 32.4 Å². The number of carbonyl (C=O) groups is 1. The molecule has 4 unspecified atom stereocenters. The smallest absolute Gasteiger partial charge is 0.273 e. The number of hydrogen-bond donors (Lipinski definition) is 1. The van der Waals surface area contributed by atoms with Gasteiger partial charge in [0.1, 0.15) is 28.4 Å². The Bertz CT molecular complexity index is 1220. The zero-order chi connectivity index (χ0) is 25.9. The third-order valence-electron chi connectivity index (χ3n) is 6.61. The molecule has 0 saturated heterocycles. The van der Waals surface area contributed by atoms with E-state index >= 15 is 0 Å². The summed E-state index contributed by atoms with van der Waals surface area (Å²) in [7, 11) is 1.59. The Morgan fingerprint density at radius 2 is 1.67 bits per heavy atom. The third-order valence-corrected chi connectivity index (χ3v) is 12.3. The zero-order valence-electron chi connectivity index (χ0n) is 21.7. The normalized spacial score (nSPS) is 34.2. The van der Waals surface area contributed by atoms with Crippen molar-refractivity contribution in [3.8, 4) is 0 Å². The summed E-state index contributed by atoms with van der Waals surface area (Å²) in [5, 5.41) is 7.06. The molecule has 0 aromatic carbocycles. The molecule has 1 aromatic rings. The first kappa shape index (κ1) is 26.4. The molecule has 4 atom stereocenters. The van der Waals surface area contributed by atoms with Crippen LogP contribution < -0.4 is 5.32 Å². The monoisotopic (exact) mass is 564 g/mol. The quantitative estimate of drug-likeness (QED) is 0.535. The Hall–Kier alpha value is -1.24. The van der Waals surface area contributed by atoms with Crippen LogP contribution in [0.5, 0.6) is 0 Å². The Labute approximate surface area is 229 Å². The molecule has 0 spiro atoms. The number of aliphatic imine (C=N–C) groups is 4. The molecule has 12 heteroatoms. The minimum atomic E-state index is -0.627. The van der Waals surface area contributed by atoms with Gasteiger partial charge in [-0.3, -0.25) is 24.8 Å². The van der Waals surface area contributed by atoms with Gasteiger partial charge in [0, 0.05) is 36.0 Å². The highest BCUT2D eigenvalue weighted by molar-refractivity contribution is 8.17. The van der Waals surface area contributed by atoms with Gasteiger partial charge in [-0.2, -0.15) is 0 Å². The van der Waals surface area contributed by atoms with E-state index in [1.165, 1.54) is 5.04 Å². The lowest BCUT2D eigenvalue weighted by molar-refractivity contribution is 0.0957. The number of aryl methyl sites for hydroxylation is 1. The summed E-state index contributed by atoms with van der Waals surface area (Å²) in [6, 6.07) is 0.0832. The molecule has 1 N–H and O–H groups in total. The number of oxazole rings is 1. The average Bonchev–Trinajstić information content (AvgIpc) is 3.64. The van der Waals surface area contributed by atoms with Crippen LogP contribution in [0, 0.1) is 12.8 Å². The molecule has 4 aliphatic rings. The van der Waals surface area contributed by atoms with Gasteiger partial charge >= 0.3 is 0 Å². The Balaban J connectivity index is 1.35. The fourth-order valence-corrected chi connectivity index (χ4v) is 9.59. The summed E-state index contributed by atoms with van der Waals surface area (Å²) >= 11 is 7.19. The number of carbonyl (C=O) groups excluding carboxylic acids is 1. The summed E-state index contributed by atoms with van der Waals surface area (Å²) in [6.07, 6.45) is 0. The van der Waals surface area contributed by atoms with Gasteiger partial charge < -0.3 is 9.73 Å². The largest absolute Gasteiger partial charge is 0.442 e. The minimum Gasteiger partial charge on any atom is -0.442 e. The lowest BCUT2D eigenvalue weighted by atomic mass is 10.0. The van der Waals surface area contributed by atoms with Crippen molar-refractivity contribution in [3.05, 3.63) is 17.3 Å². The maximum atomic E-state index is 12.1. The van der Waals surface area contributed by atoms with Gasteiger partial charge in [0.05, 0.1) is 20.2 Å². The Kier molecular flexibility index (Phi) is 6.96. The molecule has 0 aliphatic carbocycles. The minimum absolute atomic E-state index is 0.0832. The van der Waals surface area contributed by atoms with E-state index in [9.17, 15) is 4.79 Å². The van der Waals surface area contributed by atoms with E-state index in [2.05, 4.69) is 38.0 Å². The highest BCUT2D eigenvalue weighted by atomic mass is 32.2. The molecule has 5 rings (SSSR count). The summed E-state index contributed by atoms with van der Waals surface area (Å²) < 4.78 is 5.90. The second-order valence-corrected chi connectivity index (χ2v) is 14.4. The molecule has 194 valence electrons. The van der Waals surface area contributed by atoms with Gasteiger partial charge in [-0.1, -0.05) is 13.8 Å². The lowest BCUT2D eigenvalue weighted by Crippen LogP contribution is -2.31. The second-order valence-electron chi connectivity index (χ2n) is 10.4. The van der Waals surface area contributed by atoms with Crippen molar-refractivity contribution >= 4 is 73.1 Å². The molecule has 36 heavy (non-hydrogen) atoms. The molecule has 4 aliphatic heterocycles. The maximum absolute atomic E-state index is 12.1. The van der Waals surface area contributed by atoms with Crippen molar-refractivity contribution < 1.29 is 9.21 Å². The van der Waals surface area contributed by atoms with E-state index in [1.807, 2.05) is 30.4 Å². The van der Waals surface area contributed by atoms with E-state index < -0.39 is 11.1 Å². The highest BCUT2D eigenvalue weighted by Gasteiger charge is 2.47. The van der Waals surface area contributed by atoms with E-state index in [0.29, 0.717) is 29.0 Å². The van der Waals surface area contributed by atoms with E-state index in [-0.39, 0.29) is 17.5 Å². The van der Waals surface area contributed by atoms with Gasteiger partial charge in [0.2, 0.25) is 5.89 Å². The predicted molar refractivity (Wildman–Crippen MR) is 157 cm³/mol. The van der Waals surface area contributed by atoms with Gasteiger partial charge in [-0.15, -0.1) is 47.0 Å². The van der Waals surface area contributed by atoms with Gasteiger partial charge in [0.25, 0.3) is 5.91 Å². The van der Waals surface area contributed by atoms with Gasteiger partial charge in [-0.05, 0) is 27.7 Å². The zero-order valence-corrected chi connectivity index (χ0v) is 24.9. The van der Waals surface area contributed by atoms with Crippen LogP contribution in [0.1, 0.15) is 56.8 Å². The summed E-state index contributed by atoms with van der Waals surface area (Å²) in [5.41, 5.74) is -0.923. The van der Waals surface area contributed by atoms with Crippen LogP contribution in [0.4, 0.5) is 0 Å². The van der Waals surface area contributed by atoms with Crippen LogP contribution in [0.2, 0.25) is 0 Å². The fourth-order valence-electron chi connectivity index (χ4n) is 4.36. The highest BCUT2D eigenvalue weighted by Crippen LogP contribution is 2.45. The third kappa shape index (κ3) is 4.60. The Morgan fingerprint density at radius 3 is 2.36 bits per heavy atom. The van der Waals surface area contributed by atoms with Crippen LogP contribution in [-0.2, 0) is 5.54 Å². The summed E-state index contributed by atoms with van der Waals surface area (Å²) in [5.74, 6) is 4.62. The molecule has 5 heterocycles. The van der Waals surface area contributed by atoms with Crippen molar-refractivity contribution in [1.29, 1.82) is 0 Å². The number of nitrogens with one attached hydrogen (secondary N) is 1. The molecule has 0 bridgehead atoms. The molecule has 1 amide bonds. The first-order valence-electron chi connectivity index (χ1n) is 12.1. The predicted octanol–water partition coefficient (Wildman–Crippen LogP) is 4.68. The molecule has 0 radical (unpaired) electrons. The number of amides is 1. The molecular formula is C24H32N6O2S4. The average molecular weight is 565 g/mol. The lowest BCUT2D eigenvalue weighted by Gasteiger charge is -2.19. The van der Waals surface area contributed by atoms with Crippen molar-refractivity contribution in [1.82, 2.24) is 10.3 Å². The van der Waals surface area contributed by atoms with Gasteiger partial charge in [0.15, 0.2) is 5.69 Å². The van der Waals surface area contributed by atoms with Gasteiger partial charge in [-0.25, -0.2) is 4.98 Å². The maximum Gasteiger partial charge on any atom is 0.273 e. The number of rotatable bonds is 6. The van der Waals surface area contributed by atoms with E-state index in [4.69, 9.17) is 24.4 Å². The van der Waals surface area contributed by atoms with E-state index in [1.54, 1.807) is 37.5 Å². The molecule has 1 aromatic heterocycles. The fraction of sp³-hybridized carbons (Fsp3) is 0.667. The molecule has 8 nitrogen and oxygen atoms in total. The Morgan fingerprint density at radius 1 is 0.972 bits per heavy atom. The second kappa shape index (κ2) is 9.50. The van der Waals surface area contributed by atoms with Crippen LogP contribution in [-0.4, -0.2) is 78.2 Å².